The molecule has 0 N–H and O–H groups in total. The monoisotopic (exact) mass is 240 g/mol. The molecule has 0 amide bonds. The summed E-state index contributed by atoms with van der Waals surface area (Å²) in [5.74, 6) is 1.58. The second-order valence-electron chi connectivity index (χ2n) is 5.08. The topological polar surface area (TPSA) is 17.1 Å². The molecule has 0 saturated carbocycles. The normalized spacial score (nSPS) is 13.8. The van der Waals surface area contributed by atoms with Crippen LogP contribution >= 0.6 is 0 Å². The van der Waals surface area contributed by atoms with E-state index in [0.717, 1.165) is 11.8 Å². The number of rotatable bonds is 5. The number of benzene rings is 1. The van der Waals surface area contributed by atoms with E-state index in [1.54, 1.807) is 0 Å². The van der Waals surface area contributed by atoms with Gasteiger partial charge in [-0.25, -0.2) is 0 Å². The lowest BCUT2D eigenvalue weighted by Gasteiger charge is -2.14. The van der Waals surface area contributed by atoms with Gasteiger partial charge in [0.05, 0.1) is 0 Å². The third kappa shape index (κ3) is 5.90. The van der Waals surface area contributed by atoms with Crippen molar-refractivity contribution in [1.29, 1.82) is 0 Å². The molecule has 1 rings (SSSR count). The summed E-state index contributed by atoms with van der Waals surface area (Å²) >= 11 is 0. The van der Waals surface area contributed by atoms with Gasteiger partial charge in [-0.15, -0.1) is 0 Å². The minimum absolute atomic E-state index is 0.683. The van der Waals surface area contributed by atoms with Crippen molar-refractivity contribution in [3.8, 4) is 0 Å². The van der Waals surface area contributed by atoms with Crippen molar-refractivity contribution in [1.82, 2.24) is 0 Å². The van der Waals surface area contributed by atoms with E-state index in [-0.39, 0.29) is 0 Å². The highest BCUT2D eigenvalue weighted by atomic mass is 32.2. The maximum absolute atomic E-state index is 11.8. The van der Waals surface area contributed by atoms with Crippen LogP contribution in [0.3, 0.4) is 0 Å². The maximum atomic E-state index is 11.8. The van der Waals surface area contributed by atoms with Crippen LogP contribution in [0, 0.1) is 0 Å². The molecule has 1 aromatic rings. The molecule has 0 bridgehead atoms. The Morgan fingerprint density at radius 2 is 1.73 bits per heavy atom. The van der Waals surface area contributed by atoms with E-state index in [0.29, 0.717) is 5.75 Å². The molecule has 1 unspecified atom stereocenters. The molecule has 0 aliphatic carbocycles. The van der Waals surface area contributed by atoms with E-state index < -0.39 is 18.9 Å². The minimum Gasteiger partial charge on any atom is -0.259 e. The van der Waals surface area contributed by atoms with Crippen LogP contribution in [-0.4, -0.2) is 18.0 Å². The van der Waals surface area contributed by atoms with Crippen molar-refractivity contribution in [3.05, 3.63) is 35.9 Å². The lowest BCUT2D eigenvalue weighted by molar-refractivity contribution is 0.683. The lowest BCUT2D eigenvalue weighted by Crippen LogP contribution is -2.22. The average molecular weight is 240 g/mol. The van der Waals surface area contributed by atoms with E-state index in [2.05, 4.69) is 19.6 Å². The van der Waals surface area contributed by atoms with Crippen LogP contribution in [0.15, 0.2) is 30.3 Å². The minimum atomic E-state index is -1.03. The molecular formula is C12H20OSSi. The molecule has 0 spiro atoms. The molecule has 0 aromatic heterocycles. The average Bonchev–Trinajstić information content (AvgIpc) is 2.15. The van der Waals surface area contributed by atoms with Crippen molar-refractivity contribution < 1.29 is 4.21 Å². The maximum Gasteiger partial charge on any atom is 0.0485 e. The Kier molecular flexibility index (Phi) is 4.73. The van der Waals surface area contributed by atoms with Gasteiger partial charge in [-0.05, 0) is 11.6 Å². The van der Waals surface area contributed by atoms with E-state index in [1.807, 2.05) is 30.3 Å². The van der Waals surface area contributed by atoms with Crippen molar-refractivity contribution in [3.63, 3.8) is 0 Å². The molecule has 0 aliphatic rings. The predicted molar refractivity (Wildman–Crippen MR) is 71.3 cm³/mol. The standard InChI is InChI=1S/C12H20OSSi/c1-15(2,3)10-9-14(13)11-12-7-5-4-6-8-12/h4-8H,9-11H2,1-3H3. The highest BCUT2D eigenvalue weighted by Crippen LogP contribution is 2.11. The molecule has 1 aromatic carbocycles. The second kappa shape index (κ2) is 5.61. The van der Waals surface area contributed by atoms with Gasteiger partial charge >= 0.3 is 0 Å². The zero-order chi connectivity index (χ0) is 11.3. The summed E-state index contributed by atoms with van der Waals surface area (Å²) in [5.41, 5.74) is 1.19. The predicted octanol–water partition coefficient (Wildman–Crippen LogP) is 3.27. The molecular weight excluding hydrogens is 220 g/mol. The zero-order valence-electron chi connectivity index (χ0n) is 9.82. The molecule has 0 aliphatic heterocycles. The summed E-state index contributed by atoms with van der Waals surface area (Å²) < 4.78 is 11.8. The summed E-state index contributed by atoms with van der Waals surface area (Å²) in [6.07, 6.45) is 0. The van der Waals surface area contributed by atoms with Crippen LogP contribution in [0.1, 0.15) is 5.56 Å². The molecule has 0 saturated heterocycles. The molecule has 1 atom stereocenters. The number of hydrogen-bond donors (Lipinski definition) is 0. The van der Waals surface area contributed by atoms with Gasteiger partial charge in [0, 0.05) is 30.4 Å². The van der Waals surface area contributed by atoms with Crippen molar-refractivity contribution in [2.24, 2.45) is 0 Å². The first-order valence-electron chi connectivity index (χ1n) is 5.36. The Balaban J connectivity index is 2.38. The Labute approximate surface area is 96.4 Å². The van der Waals surface area contributed by atoms with Crippen LogP contribution in [0.5, 0.6) is 0 Å². The summed E-state index contributed by atoms with van der Waals surface area (Å²) in [6.45, 7) is 6.98. The first-order chi connectivity index (χ1) is 6.97. The summed E-state index contributed by atoms with van der Waals surface area (Å²) in [7, 11) is -1.71. The fraction of sp³-hybridized carbons (Fsp3) is 0.500. The molecule has 15 heavy (non-hydrogen) atoms. The van der Waals surface area contributed by atoms with Crippen molar-refractivity contribution >= 4 is 18.9 Å². The van der Waals surface area contributed by atoms with Gasteiger partial charge in [0.25, 0.3) is 0 Å². The van der Waals surface area contributed by atoms with Gasteiger partial charge in [-0.1, -0.05) is 50.0 Å². The first kappa shape index (κ1) is 12.7. The van der Waals surface area contributed by atoms with Gasteiger partial charge in [0.15, 0.2) is 0 Å². The van der Waals surface area contributed by atoms with Gasteiger partial charge in [0.1, 0.15) is 0 Å². The van der Waals surface area contributed by atoms with Crippen molar-refractivity contribution in [2.75, 3.05) is 5.75 Å². The van der Waals surface area contributed by atoms with E-state index >= 15 is 0 Å². The molecule has 1 nitrogen and oxygen atoms in total. The smallest absolute Gasteiger partial charge is 0.0485 e. The molecule has 3 heteroatoms. The molecule has 0 radical (unpaired) electrons. The molecule has 0 heterocycles. The fourth-order valence-electron chi connectivity index (χ4n) is 1.25. The molecule has 84 valence electrons. The van der Waals surface area contributed by atoms with Crippen LogP contribution in [0.2, 0.25) is 25.7 Å². The summed E-state index contributed by atoms with van der Waals surface area (Å²) in [5, 5.41) is 0. The Morgan fingerprint density at radius 3 is 2.27 bits per heavy atom. The Bertz CT molecular complexity index is 316. The Morgan fingerprint density at radius 1 is 1.13 bits per heavy atom. The summed E-state index contributed by atoms with van der Waals surface area (Å²) in [4.78, 5) is 0. The van der Waals surface area contributed by atoms with Crippen LogP contribution in [0.4, 0.5) is 0 Å². The zero-order valence-corrected chi connectivity index (χ0v) is 11.6. The summed E-state index contributed by atoms with van der Waals surface area (Å²) in [6, 6.07) is 11.3. The van der Waals surface area contributed by atoms with E-state index in [9.17, 15) is 4.21 Å². The lowest BCUT2D eigenvalue weighted by atomic mass is 10.2. The second-order valence-corrected chi connectivity index (χ2v) is 12.3. The number of hydrogen-bond acceptors (Lipinski definition) is 1. The largest absolute Gasteiger partial charge is 0.259 e. The highest BCUT2D eigenvalue weighted by Gasteiger charge is 2.14. The van der Waals surface area contributed by atoms with Crippen molar-refractivity contribution in [2.45, 2.75) is 31.4 Å². The van der Waals surface area contributed by atoms with Gasteiger partial charge in [0.2, 0.25) is 0 Å². The van der Waals surface area contributed by atoms with Gasteiger partial charge in [-0.2, -0.15) is 0 Å². The quantitative estimate of drug-likeness (QED) is 0.722. The van der Waals surface area contributed by atoms with Crippen LogP contribution in [0.25, 0.3) is 0 Å². The van der Waals surface area contributed by atoms with Gasteiger partial charge in [-0.3, -0.25) is 4.21 Å². The Hall–Kier alpha value is -0.413. The van der Waals surface area contributed by atoms with Crippen LogP contribution in [-0.2, 0) is 16.6 Å². The fourth-order valence-corrected chi connectivity index (χ4v) is 5.32. The van der Waals surface area contributed by atoms with Gasteiger partial charge < -0.3 is 0 Å². The first-order valence-corrected chi connectivity index (χ1v) is 10.6. The van der Waals surface area contributed by atoms with E-state index in [1.165, 1.54) is 5.56 Å². The van der Waals surface area contributed by atoms with Crippen LogP contribution < -0.4 is 0 Å². The molecule has 0 fully saturated rings. The SMILES string of the molecule is C[Si](C)(C)CCS(=O)Cc1ccccc1. The van der Waals surface area contributed by atoms with E-state index in [4.69, 9.17) is 0 Å². The third-order valence-corrected chi connectivity index (χ3v) is 5.68. The third-order valence-electron chi connectivity index (χ3n) is 2.25. The highest BCUT2D eigenvalue weighted by molar-refractivity contribution is 7.84.